The zero-order chi connectivity index (χ0) is 14.7. The molecule has 3 aromatic rings. The molecule has 104 valence electrons. The van der Waals surface area contributed by atoms with E-state index in [9.17, 15) is 0 Å². The van der Waals surface area contributed by atoms with Gasteiger partial charge in [0.25, 0.3) is 0 Å². The quantitative estimate of drug-likeness (QED) is 0.500. The third-order valence-electron chi connectivity index (χ3n) is 3.44. The summed E-state index contributed by atoms with van der Waals surface area (Å²) >= 11 is 8.10. The Kier molecular flexibility index (Phi) is 4.33. The van der Waals surface area contributed by atoms with Crippen molar-refractivity contribution in [3.63, 3.8) is 0 Å². The molecule has 2 heteroatoms. The lowest BCUT2D eigenvalue weighted by molar-refractivity contribution is 1.39. The molecule has 0 atom stereocenters. The van der Waals surface area contributed by atoms with Crippen molar-refractivity contribution in [2.75, 3.05) is 0 Å². The standard InChI is InChI=1S/C19H15ClS/c1-2-14-7-9-15(10-8-14)13-21-19-12-11-18(20)16-5-3-4-6-17(16)19/h2-12H,1,13H2. The number of hydrogen-bond donors (Lipinski definition) is 0. The molecule has 3 rings (SSSR count). The van der Waals surface area contributed by atoms with E-state index in [1.807, 2.05) is 30.0 Å². The molecule has 0 fully saturated rings. The van der Waals surface area contributed by atoms with Gasteiger partial charge in [-0.15, -0.1) is 11.8 Å². The Bertz CT molecular complexity index is 775. The molecule has 0 heterocycles. The van der Waals surface area contributed by atoms with Crippen LogP contribution in [-0.2, 0) is 5.75 Å². The summed E-state index contributed by atoms with van der Waals surface area (Å²) in [5, 5.41) is 3.15. The molecule has 0 radical (unpaired) electrons. The predicted octanol–water partition coefficient (Wildman–Crippen LogP) is 6.43. The first-order valence-electron chi connectivity index (χ1n) is 6.79. The van der Waals surface area contributed by atoms with E-state index in [1.165, 1.54) is 15.8 Å². The highest BCUT2D eigenvalue weighted by Crippen LogP contribution is 2.34. The molecule has 0 unspecified atom stereocenters. The second kappa shape index (κ2) is 6.38. The second-order valence-electron chi connectivity index (χ2n) is 4.83. The van der Waals surface area contributed by atoms with E-state index in [4.69, 9.17) is 11.6 Å². The summed E-state index contributed by atoms with van der Waals surface area (Å²) in [5.74, 6) is 0.947. The maximum atomic E-state index is 6.26. The minimum absolute atomic E-state index is 0.810. The second-order valence-corrected chi connectivity index (χ2v) is 6.25. The van der Waals surface area contributed by atoms with Gasteiger partial charge in [-0.1, -0.05) is 72.8 Å². The van der Waals surface area contributed by atoms with Gasteiger partial charge < -0.3 is 0 Å². The molecule has 3 aromatic carbocycles. The first-order chi connectivity index (χ1) is 10.3. The molecule has 0 spiro atoms. The first-order valence-corrected chi connectivity index (χ1v) is 8.16. The molecule has 0 aromatic heterocycles. The molecular formula is C19H15ClS. The molecule has 0 aliphatic heterocycles. The van der Waals surface area contributed by atoms with Gasteiger partial charge >= 0.3 is 0 Å². The van der Waals surface area contributed by atoms with Crippen LogP contribution in [0.15, 0.2) is 72.1 Å². The van der Waals surface area contributed by atoms with Gasteiger partial charge in [0.1, 0.15) is 0 Å². The van der Waals surface area contributed by atoms with Crippen LogP contribution in [-0.4, -0.2) is 0 Å². The van der Waals surface area contributed by atoms with Crippen LogP contribution in [0.5, 0.6) is 0 Å². The summed E-state index contributed by atoms with van der Waals surface area (Å²) < 4.78 is 0. The van der Waals surface area contributed by atoms with E-state index in [2.05, 4.69) is 55.1 Å². The number of hydrogen-bond acceptors (Lipinski definition) is 1. The van der Waals surface area contributed by atoms with E-state index < -0.39 is 0 Å². The van der Waals surface area contributed by atoms with Crippen LogP contribution >= 0.6 is 23.4 Å². The minimum atomic E-state index is 0.810. The number of fused-ring (bicyclic) bond motifs is 1. The van der Waals surface area contributed by atoms with Crippen molar-refractivity contribution >= 4 is 40.2 Å². The summed E-state index contributed by atoms with van der Waals surface area (Å²) in [6.45, 7) is 3.78. The van der Waals surface area contributed by atoms with Crippen molar-refractivity contribution in [2.24, 2.45) is 0 Å². The lowest BCUT2D eigenvalue weighted by Crippen LogP contribution is -1.83. The first kappa shape index (κ1) is 14.2. The van der Waals surface area contributed by atoms with Crippen molar-refractivity contribution in [1.29, 1.82) is 0 Å². The van der Waals surface area contributed by atoms with Crippen molar-refractivity contribution < 1.29 is 0 Å². The third kappa shape index (κ3) is 3.15. The number of benzene rings is 3. The Labute approximate surface area is 134 Å². The molecule has 0 saturated heterocycles. The molecule has 0 bridgehead atoms. The number of rotatable bonds is 4. The topological polar surface area (TPSA) is 0 Å². The maximum Gasteiger partial charge on any atom is 0.0485 e. The van der Waals surface area contributed by atoms with E-state index in [-0.39, 0.29) is 0 Å². The summed E-state index contributed by atoms with van der Waals surface area (Å²) in [7, 11) is 0. The van der Waals surface area contributed by atoms with E-state index in [1.54, 1.807) is 0 Å². The fourth-order valence-electron chi connectivity index (χ4n) is 2.27. The number of thioether (sulfide) groups is 1. The fraction of sp³-hybridized carbons (Fsp3) is 0.0526. The highest BCUT2D eigenvalue weighted by molar-refractivity contribution is 7.98. The normalized spacial score (nSPS) is 10.7. The van der Waals surface area contributed by atoms with Gasteiger partial charge in [0.15, 0.2) is 0 Å². The molecule has 0 amide bonds. The van der Waals surface area contributed by atoms with Gasteiger partial charge in [0.2, 0.25) is 0 Å². The largest absolute Gasteiger partial charge is 0.121 e. The van der Waals surface area contributed by atoms with E-state index in [0.29, 0.717) is 0 Å². The Balaban J connectivity index is 1.84. The predicted molar refractivity (Wildman–Crippen MR) is 95.1 cm³/mol. The van der Waals surface area contributed by atoms with Gasteiger partial charge in [0, 0.05) is 21.1 Å². The Morgan fingerprint density at radius 3 is 2.33 bits per heavy atom. The van der Waals surface area contributed by atoms with Crippen LogP contribution in [0, 0.1) is 0 Å². The van der Waals surface area contributed by atoms with Crippen LogP contribution in [0.2, 0.25) is 5.02 Å². The van der Waals surface area contributed by atoms with E-state index >= 15 is 0 Å². The van der Waals surface area contributed by atoms with Crippen LogP contribution in [0.3, 0.4) is 0 Å². The Morgan fingerprint density at radius 1 is 0.905 bits per heavy atom. The van der Waals surface area contributed by atoms with Gasteiger partial charge in [-0.2, -0.15) is 0 Å². The molecule has 0 nitrogen and oxygen atoms in total. The highest BCUT2D eigenvalue weighted by Gasteiger charge is 2.05. The van der Waals surface area contributed by atoms with Crippen molar-refractivity contribution in [3.8, 4) is 0 Å². The summed E-state index contributed by atoms with van der Waals surface area (Å²) in [6, 6.07) is 20.9. The molecule has 21 heavy (non-hydrogen) atoms. The fourth-order valence-corrected chi connectivity index (χ4v) is 3.51. The van der Waals surface area contributed by atoms with Gasteiger partial charge in [-0.05, 0) is 28.6 Å². The Morgan fingerprint density at radius 2 is 1.62 bits per heavy atom. The smallest absolute Gasteiger partial charge is 0.0485 e. The lowest BCUT2D eigenvalue weighted by atomic mass is 10.1. The SMILES string of the molecule is C=Cc1ccc(CSc2ccc(Cl)c3ccccc23)cc1. The molecule has 0 aliphatic carbocycles. The van der Waals surface area contributed by atoms with Crippen molar-refractivity contribution in [1.82, 2.24) is 0 Å². The zero-order valence-corrected chi connectivity index (χ0v) is 13.1. The molecule has 0 N–H and O–H groups in total. The minimum Gasteiger partial charge on any atom is -0.121 e. The summed E-state index contributed by atoms with van der Waals surface area (Å²) in [4.78, 5) is 1.27. The maximum absolute atomic E-state index is 6.26. The highest BCUT2D eigenvalue weighted by atomic mass is 35.5. The van der Waals surface area contributed by atoms with Crippen LogP contribution in [0.1, 0.15) is 11.1 Å². The summed E-state index contributed by atoms with van der Waals surface area (Å²) in [5.41, 5.74) is 2.46. The number of halogens is 1. The van der Waals surface area contributed by atoms with Crippen LogP contribution in [0.25, 0.3) is 16.8 Å². The van der Waals surface area contributed by atoms with Gasteiger partial charge in [0.05, 0.1) is 0 Å². The Hall–Kier alpha value is -1.70. The van der Waals surface area contributed by atoms with Crippen molar-refractivity contribution in [2.45, 2.75) is 10.6 Å². The summed E-state index contributed by atoms with van der Waals surface area (Å²) in [6.07, 6.45) is 1.86. The molecule has 0 aliphatic rings. The molecule has 0 saturated carbocycles. The van der Waals surface area contributed by atoms with Crippen LogP contribution < -0.4 is 0 Å². The van der Waals surface area contributed by atoms with Crippen LogP contribution in [0.4, 0.5) is 0 Å². The van der Waals surface area contributed by atoms with Gasteiger partial charge in [-0.3, -0.25) is 0 Å². The van der Waals surface area contributed by atoms with Crippen molar-refractivity contribution in [3.05, 3.63) is 83.4 Å². The lowest BCUT2D eigenvalue weighted by Gasteiger charge is -2.08. The van der Waals surface area contributed by atoms with E-state index in [0.717, 1.165) is 21.7 Å². The molecular weight excluding hydrogens is 296 g/mol. The van der Waals surface area contributed by atoms with Gasteiger partial charge in [-0.25, -0.2) is 0 Å². The monoisotopic (exact) mass is 310 g/mol. The average Bonchev–Trinajstić information content (AvgIpc) is 2.55. The zero-order valence-electron chi connectivity index (χ0n) is 11.6. The third-order valence-corrected chi connectivity index (χ3v) is 4.91. The average molecular weight is 311 g/mol.